The first-order valence-electron chi connectivity index (χ1n) is 8.10. The van der Waals surface area contributed by atoms with E-state index in [1.165, 1.54) is 0 Å². The Morgan fingerprint density at radius 2 is 1.88 bits per heavy atom. The highest BCUT2D eigenvalue weighted by Gasteiger charge is 2.33. The number of ether oxygens (including phenoxy) is 2. The fourth-order valence-corrected chi connectivity index (χ4v) is 4.77. The zero-order valence-electron chi connectivity index (χ0n) is 14.5. The van der Waals surface area contributed by atoms with Gasteiger partial charge >= 0.3 is 0 Å². The van der Waals surface area contributed by atoms with E-state index in [2.05, 4.69) is 0 Å². The van der Waals surface area contributed by atoms with Gasteiger partial charge in [0, 0.05) is 22.2 Å². The van der Waals surface area contributed by atoms with Gasteiger partial charge in [-0.1, -0.05) is 35.3 Å². The molecule has 1 amide bonds. The minimum atomic E-state index is -0.0904. The van der Waals surface area contributed by atoms with E-state index in [1.54, 1.807) is 38.1 Å². The summed E-state index contributed by atoms with van der Waals surface area (Å²) in [5.74, 6) is 1.95. The van der Waals surface area contributed by atoms with Gasteiger partial charge < -0.3 is 14.4 Å². The lowest BCUT2D eigenvalue weighted by atomic mass is 10.1. The Kier molecular flexibility index (Phi) is 6.22. The third-order valence-electron chi connectivity index (χ3n) is 4.29. The van der Waals surface area contributed by atoms with E-state index in [9.17, 15) is 4.79 Å². The first-order chi connectivity index (χ1) is 12.5. The summed E-state index contributed by atoms with van der Waals surface area (Å²) < 4.78 is 10.6. The van der Waals surface area contributed by atoms with Crippen molar-refractivity contribution in [2.45, 2.75) is 11.8 Å². The molecule has 0 bridgehead atoms. The smallest absolute Gasteiger partial charge is 0.233 e. The normalized spacial score (nSPS) is 16.8. The Balaban J connectivity index is 1.76. The molecule has 1 aliphatic rings. The Bertz CT molecular complexity index is 815. The summed E-state index contributed by atoms with van der Waals surface area (Å²) in [7, 11) is 3.22. The van der Waals surface area contributed by atoms with Crippen molar-refractivity contribution in [3.8, 4) is 11.5 Å². The molecule has 0 saturated carbocycles. The lowest BCUT2D eigenvalue weighted by Gasteiger charge is -2.25. The largest absolute Gasteiger partial charge is 0.493 e. The van der Waals surface area contributed by atoms with Gasteiger partial charge in [0.05, 0.1) is 20.0 Å². The Morgan fingerprint density at radius 3 is 2.58 bits per heavy atom. The monoisotopic (exact) mass is 411 g/mol. The first kappa shape index (κ1) is 19.2. The second-order valence-electron chi connectivity index (χ2n) is 5.86. The highest BCUT2D eigenvalue weighted by molar-refractivity contribution is 8.00. The zero-order chi connectivity index (χ0) is 18.7. The molecule has 1 heterocycles. The van der Waals surface area contributed by atoms with Crippen LogP contribution >= 0.6 is 35.0 Å². The van der Waals surface area contributed by atoms with Crippen LogP contribution in [0.15, 0.2) is 36.4 Å². The molecule has 1 aliphatic heterocycles. The summed E-state index contributed by atoms with van der Waals surface area (Å²) in [6.45, 7) is 0.602. The number of hydrogen-bond donors (Lipinski definition) is 0. The Hall–Kier alpha value is -1.56. The fraction of sp³-hybridized carbons (Fsp3) is 0.316. The summed E-state index contributed by atoms with van der Waals surface area (Å²) in [5.41, 5.74) is 1.99. The SMILES string of the molecule is COc1ccc(CCN2C(=O)CS[C@H]2c2ccc(Cl)cc2Cl)cc1OC. The molecule has 4 nitrogen and oxygen atoms in total. The molecule has 0 spiro atoms. The van der Waals surface area contributed by atoms with Crippen LogP contribution in [0.4, 0.5) is 0 Å². The van der Waals surface area contributed by atoms with E-state index in [-0.39, 0.29) is 11.3 Å². The number of nitrogens with zero attached hydrogens (tertiary/aromatic N) is 1. The van der Waals surface area contributed by atoms with Crippen molar-refractivity contribution in [3.05, 3.63) is 57.6 Å². The molecule has 1 fully saturated rings. The number of benzene rings is 2. The predicted octanol–water partition coefficient (Wildman–Crippen LogP) is 4.83. The summed E-state index contributed by atoms with van der Waals surface area (Å²) in [4.78, 5) is 14.2. The van der Waals surface area contributed by atoms with Crippen LogP contribution in [0.2, 0.25) is 10.0 Å². The average Bonchev–Trinajstić information content (AvgIpc) is 3.00. The zero-order valence-corrected chi connectivity index (χ0v) is 16.8. The second-order valence-corrected chi connectivity index (χ2v) is 7.77. The molecule has 2 aromatic carbocycles. The number of hydrogen-bond acceptors (Lipinski definition) is 4. The van der Waals surface area contributed by atoms with Gasteiger partial charge in [-0.25, -0.2) is 0 Å². The summed E-state index contributed by atoms with van der Waals surface area (Å²) in [5, 5.41) is 1.08. The topological polar surface area (TPSA) is 38.8 Å². The van der Waals surface area contributed by atoms with Crippen molar-refractivity contribution in [3.63, 3.8) is 0 Å². The van der Waals surface area contributed by atoms with Crippen LogP contribution in [0.3, 0.4) is 0 Å². The fourth-order valence-electron chi connectivity index (χ4n) is 2.94. The van der Waals surface area contributed by atoms with Gasteiger partial charge in [0.1, 0.15) is 5.37 Å². The van der Waals surface area contributed by atoms with Crippen molar-refractivity contribution in [2.75, 3.05) is 26.5 Å². The van der Waals surface area contributed by atoms with Crippen LogP contribution < -0.4 is 9.47 Å². The number of carbonyl (C=O) groups is 1. The maximum absolute atomic E-state index is 12.4. The van der Waals surface area contributed by atoms with E-state index in [1.807, 2.05) is 29.2 Å². The Labute approximate surface area is 167 Å². The van der Waals surface area contributed by atoms with Crippen LogP contribution in [0, 0.1) is 0 Å². The van der Waals surface area contributed by atoms with Gasteiger partial charge in [0.25, 0.3) is 0 Å². The second kappa shape index (κ2) is 8.42. The van der Waals surface area contributed by atoms with Crippen molar-refractivity contribution in [2.24, 2.45) is 0 Å². The lowest BCUT2D eigenvalue weighted by Crippen LogP contribution is -2.30. The molecule has 0 radical (unpaired) electrons. The minimum absolute atomic E-state index is 0.0904. The van der Waals surface area contributed by atoms with Crippen molar-refractivity contribution < 1.29 is 14.3 Å². The summed E-state index contributed by atoms with van der Waals surface area (Å²) >= 11 is 13.9. The molecule has 7 heteroatoms. The molecule has 0 N–H and O–H groups in total. The van der Waals surface area contributed by atoms with E-state index in [4.69, 9.17) is 32.7 Å². The van der Waals surface area contributed by atoms with E-state index < -0.39 is 0 Å². The molecule has 1 atom stereocenters. The number of thioether (sulfide) groups is 1. The van der Waals surface area contributed by atoms with Crippen LogP contribution in [0.5, 0.6) is 11.5 Å². The number of halogens is 2. The van der Waals surface area contributed by atoms with Crippen LogP contribution in [-0.4, -0.2) is 37.3 Å². The van der Waals surface area contributed by atoms with Crippen molar-refractivity contribution >= 4 is 40.9 Å². The number of carbonyl (C=O) groups excluding carboxylic acids is 1. The molecular formula is C19H19Cl2NO3S. The van der Waals surface area contributed by atoms with Crippen LogP contribution in [0.1, 0.15) is 16.5 Å². The summed E-state index contributed by atoms with van der Waals surface area (Å²) in [6.07, 6.45) is 0.717. The van der Waals surface area contributed by atoms with Crippen LogP contribution in [0.25, 0.3) is 0 Å². The van der Waals surface area contributed by atoms with Crippen LogP contribution in [-0.2, 0) is 11.2 Å². The maximum Gasteiger partial charge on any atom is 0.233 e. The first-order valence-corrected chi connectivity index (χ1v) is 9.91. The van der Waals surface area contributed by atoms with Gasteiger partial charge in [-0.15, -0.1) is 11.8 Å². The molecule has 1 saturated heterocycles. The quantitative estimate of drug-likeness (QED) is 0.682. The molecule has 138 valence electrons. The van der Waals surface area contributed by atoms with E-state index >= 15 is 0 Å². The number of methoxy groups -OCH3 is 2. The van der Waals surface area contributed by atoms with Crippen molar-refractivity contribution in [1.29, 1.82) is 0 Å². The number of amides is 1. The van der Waals surface area contributed by atoms with Gasteiger partial charge in [0.2, 0.25) is 5.91 Å². The highest BCUT2D eigenvalue weighted by Crippen LogP contribution is 2.42. The van der Waals surface area contributed by atoms with Gasteiger partial charge in [-0.3, -0.25) is 4.79 Å². The molecular weight excluding hydrogens is 393 g/mol. The minimum Gasteiger partial charge on any atom is -0.493 e. The molecule has 0 unspecified atom stereocenters. The van der Waals surface area contributed by atoms with Gasteiger partial charge in [-0.2, -0.15) is 0 Å². The third-order valence-corrected chi connectivity index (χ3v) is 6.09. The molecule has 0 aromatic heterocycles. The van der Waals surface area contributed by atoms with Crippen molar-refractivity contribution in [1.82, 2.24) is 4.90 Å². The molecule has 0 aliphatic carbocycles. The highest BCUT2D eigenvalue weighted by atomic mass is 35.5. The Morgan fingerprint density at radius 1 is 1.12 bits per heavy atom. The van der Waals surface area contributed by atoms with Gasteiger partial charge in [-0.05, 0) is 36.2 Å². The van der Waals surface area contributed by atoms with E-state index in [0.717, 1.165) is 11.1 Å². The maximum atomic E-state index is 12.4. The average molecular weight is 412 g/mol. The lowest BCUT2D eigenvalue weighted by molar-refractivity contribution is -0.128. The third kappa shape index (κ3) is 4.05. The standard InChI is InChI=1S/C19H19Cl2NO3S/c1-24-16-6-3-12(9-17(16)25-2)7-8-22-18(23)11-26-19(22)14-5-4-13(20)10-15(14)21/h3-6,9-10,19H,7-8,11H2,1-2H3/t19-/m0/s1. The van der Waals surface area contributed by atoms with Gasteiger partial charge in [0.15, 0.2) is 11.5 Å². The molecule has 2 aromatic rings. The molecule has 26 heavy (non-hydrogen) atoms. The predicted molar refractivity (Wildman–Crippen MR) is 107 cm³/mol. The molecule has 3 rings (SSSR count). The number of rotatable bonds is 6. The van der Waals surface area contributed by atoms with E-state index in [0.29, 0.717) is 40.3 Å². The summed E-state index contributed by atoms with van der Waals surface area (Å²) in [6, 6.07) is 11.2.